The van der Waals surface area contributed by atoms with E-state index in [9.17, 15) is 13.2 Å². The molecule has 0 spiro atoms. The van der Waals surface area contributed by atoms with Gasteiger partial charge in [0.2, 0.25) is 0 Å². The molecular formula is C16H25N3O3S. The fourth-order valence-electron chi connectivity index (χ4n) is 2.59. The highest BCUT2D eigenvalue weighted by molar-refractivity contribution is 7.89. The van der Waals surface area contributed by atoms with Gasteiger partial charge in [0.15, 0.2) is 0 Å². The van der Waals surface area contributed by atoms with E-state index in [1.807, 2.05) is 6.92 Å². The van der Waals surface area contributed by atoms with Gasteiger partial charge >= 0.3 is 0 Å². The lowest BCUT2D eigenvalue weighted by Gasteiger charge is -2.38. The highest BCUT2D eigenvalue weighted by Gasteiger charge is 2.41. The summed E-state index contributed by atoms with van der Waals surface area (Å²) in [7, 11) is -3.91. The van der Waals surface area contributed by atoms with Crippen molar-refractivity contribution in [3.8, 4) is 0 Å². The van der Waals surface area contributed by atoms with Gasteiger partial charge in [-0.25, -0.2) is 12.7 Å². The van der Waals surface area contributed by atoms with Crippen molar-refractivity contribution >= 4 is 15.9 Å². The minimum Gasteiger partial charge on any atom is -0.313 e. The van der Waals surface area contributed by atoms with Gasteiger partial charge in [0, 0.05) is 19.6 Å². The first-order chi connectivity index (χ1) is 10.6. The molecule has 0 bridgehead atoms. The van der Waals surface area contributed by atoms with Crippen molar-refractivity contribution < 1.29 is 13.2 Å². The molecule has 1 atom stereocenters. The van der Waals surface area contributed by atoms with Crippen molar-refractivity contribution in [1.82, 2.24) is 14.9 Å². The second kappa shape index (κ2) is 6.59. The van der Waals surface area contributed by atoms with E-state index in [1.54, 1.807) is 45.0 Å². The lowest BCUT2D eigenvalue weighted by Crippen LogP contribution is -2.61. The van der Waals surface area contributed by atoms with E-state index in [0.29, 0.717) is 13.1 Å². The molecule has 23 heavy (non-hydrogen) atoms. The zero-order valence-electron chi connectivity index (χ0n) is 14.1. The molecule has 0 aromatic heterocycles. The summed E-state index contributed by atoms with van der Waals surface area (Å²) in [5.41, 5.74) is 0.121. The number of carbonyl (C=O) groups is 1. The third-order valence-corrected chi connectivity index (χ3v) is 5.78. The zero-order valence-corrected chi connectivity index (χ0v) is 14.9. The van der Waals surface area contributed by atoms with Gasteiger partial charge in [-0.15, -0.1) is 0 Å². The quantitative estimate of drug-likeness (QED) is 0.854. The standard InChI is InChI=1S/C16H25N3O3S/c1-12-5-7-13(8-6-12)23(21,22)19(16(2,3)4)15(20)14-11-17-9-10-18-14/h5-8,14,17-18H,9-11H2,1-4H3. The Labute approximate surface area is 138 Å². The molecule has 128 valence electrons. The number of nitrogens with one attached hydrogen (secondary N) is 2. The van der Waals surface area contributed by atoms with Gasteiger partial charge in [0.05, 0.1) is 10.4 Å². The van der Waals surface area contributed by atoms with Gasteiger partial charge in [0.25, 0.3) is 15.9 Å². The van der Waals surface area contributed by atoms with E-state index < -0.39 is 27.5 Å². The van der Waals surface area contributed by atoms with Crippen LogP contribution < -0.4 is 10.6 Å². The van der Waals surface area contributed by atoms with Crippen LogP contribution in [0.15, 0.2) is 29.2 Å². The Morgan fingerprint density at radius 2 is 1.78 bits per heavy atom. The fraction of sp³-hybridized carbons (Fsp3) is 0.562. The summed E-state index contributed by atoms with van der Waals surface area (Å²) in [6, 6.07) is 6.02. The second-order valence-corrected chi connectivity index (χ2v) is 8.59. The van der Waals surface area contributed by atoms with Crippen LogP contribution in [0.5, 0.6) is 0 Å². The van der Waals surface area contributed by atoms with Crippen LogP contribution in [0, 0.1) is 6.92 Å². The maximum atomic E-state index is 13.0. The Bertz CT molecular complexity index is 657. The molecule has 1 fully saturated rings. The topological polar surface area (TPSA) is 78.5 Å². The number of aryl methyl sites for hydroxylation is 1. The van der Waals surface area contributed by atoms with E-state index >= 15 is 0 Å². The number of carbonyl (C=O) groups excluding carboxylic acids is 1. The molecule has 2 rings (SSSR count). The van der Waals surface area contributed by atoms with E-state index in [1.165, 1.54) is 0 Å². The number of piperazine rings is 1. The highest BCUT2D eigenvalue weighted by atomic mass is 32.2. The van der Waals surface area contributed by atoms with Gasteiger partial charge < -0.3 is 10.6 Å². The summed E-state index contributed by atoms with van der Waals surface area (Å²) in [5, 5.41) is 6.20. The predicted octanol–water partition coefficient (Wildman–Crippen LogP) is 0.872. The number of sulfonamides is 1. The number of rotatable bonds is 3. The average molecular weight is 339 g/mol. The first kappa shape index (κ1) is 17.9. The Balaban J connectivity index is 2.41. The number of nitrogens with zero attached hydrogens (tertiary/aromatic N) is 1. The summed E-state index contributed by atoms with van der Waals surface area (Å²) < 4.78 is 27.1. The first-order valence-corrected chi connectivity index (χ1v) is 9.18. The van der Waals surface area contributed by atoms with Crippen LogP contribution >= 0.6 is 0 Å². The molecule has 0 aliphatic carbocycles. The maximum absolute atomic E-state index is 13.0. The van der Waals surface area contributed by atoms with Gasteiger partial charge in [-0.3, -0.25) is 4.79 Å². The van der Waals surface area contributed by atoms with Crippen molar-refractivity contribution in [2.24, 2.45) is 0 Å². The number of amides is 1. The smallest absolute Gasteiger partial charge is 0.267 e. The molecule has 1 aromatic carbocycles. The highest BCUT2D eigenvalue weighted by Crippen LogP contribution is 2.26. The number of hydrogen-bond donors (Lipinski definition) is 2. The van der Waals surface area contributed by atoms with E-state index in [-0.39, 0.29) is 4.90 Å². The summed E-state index contributed by atoms with van der Waals surface area (Å²) in [5.74, 6) is -0.426. The minimum atomic E-state index is -3.91. The van der Waals surface area contributed by atoms with Crippen molar-refractivity contribution in [2.45, 2.75) is 44.2 Å². The predicted molar refractivity (Wildman–Crippen MR) is 89.6 cm³/mol. The molecule has 0 saturated carbocycles. The van der Waals surface area contributed by atoms with E-state index in [4.69, 9.17) is 0 Å². The Hall–Kier alpha value is -1.44. The van der Waals surface area contributed by atoms with E-state index in [2.05, 4.69) is 10.6 Å². The Morgan fingerprint density at radius 3 is 2.26 bits per heavy atom. The zero-order chi connectivity index (χ0) is 17.3. The summed E-state index contributed by atoms with van der Waals surface area (Å²) in [6.07, 6.45) is 0. The normalized spacial score (nSPS) is 19.4. The number of benzene rings is 1. The molecule has 1 aromatic rings. The lowest BCUT2D eigenvalue weighted by molar-refractivity contribution is -0.131. The fourth-order valence-corrected chi connectivity index (χ4v) is 4.37. The molecule has 1 aliphatic rings. The molecule has 1 amide bonds. The van der Waals surface area contributed by atoms with Crippen LogP contribution in [-0.4, -0.2) is 49.8 Å². The second-order valence-electron chi connectivity index (χ2n) is 6.80. The van der Waals surface area contributed by atoms with Crippen LogP contribution in [-0.2, 0) is 14.8 Å². The average Bonchev–Trinajstić information content (AvgIpc) is 2.47. The first-order valence-electron chi connectivity index (χ1n) is 7.74. The van der Waals surface area contributed by atoms with Crippen LogP contribution in [0.25, 0.3) is 0 Å². The Morgan fingerprint density at radius 1 is 1.17 bits per heavy atom. The SMILES string of the molecule is Cc1ccc(S(=O)(=O)N(C(=O)C2CNCCN2)C(C)(C)C)cc1. The van der Waals surface area contributed by atoms with Gasteiger partial charge in [-0.2, -0.15) is 0 Å². The molecule has 7 heteroatoms. The molecule has 1 aliphatic heterocycles. The maximum Gasteiger partial charge on any atom is 0.267 e. The van der Waals surface area contributed by atoms with Gasteiger partial charge in [0.1, 0.15) is 6.04 Å². The molecular weight excluding hydrogens is 314 g/mol. The lowest BCUT2D eigenvalue weighted by atomic mass is 10.1. The Kier molecular flexibility index (Phi) is 5.13. The van der Waals surface area contributed by atoms with Crippen LogP contribution in [0.1, 0.15) is 26.3 Å². The molecule has 0 radical (unpaired) electrons. The van der Waals surface area contributed by atoms with Crippen LogP contribution in [0.3, 0.4) is 0 Å². The number of hydrogen-bond acceptors (Lipinski definition) is 5. The van der Waals surface area contributed by atoms with Crippen LogP contribution in [0.4, 0.5) is 0 Å². The summed E-state index contributed by atoms with van der Waals surface area (Å²) in [6.45, 7) is 8.91. The summed E-state index contributed by atoms with van der Waals surface area (Å²) in [4.78, 5) is 13.0. The minimum absolute atomic E-state index is 0.134. The van der Waals surface area contributed by atoms with Crippen molar-refractivity contribution in [3.05, 3.63) is 29.8 Å². The van der Waals surface area contributed by atoms with Crippen molar-refractivity contribution in [3.63, 3.8) is 0 Å². The molecule has 1 heterocycles. The molecule has 2 N–H and O–H groups in total. The third-order valence-electron chi connectivity index (χ3n) is 3.71. The monoisotopic (exact) mass is 339 g/mol. The van der Waals surface area contributed by atoms with Crippen molar-refractivity contribution in [2.75, 3.05) is 19.6 Å². The summed E-state index contributed by atoms with van der Waals surface area (Å²) >= 11 is 0. The molecule has 1 saturated heterocycles. The van der Waals surface area contributed by atoms with Crippen molar-refractivity contribution in [1.29, 1.82) is 0 Å². The molecule has 1 unspecified atom stereocenters. The van der Waals surface area contributed by atoms with E-state index in [0.717, 1.165) is 16.4 Å². The van der Waals surface area contributed by atoms with Crippen LogP contribution in [0.2, 0.25) is 0 Å². The third kappa shape index (κ3) is 3.91. The van der Waals surface area contributed by atoms with Gasteiger partial charge in [-0.05, 0) is 39.8 Å². The largest absolute Gasteiger partial charge is 0.313 e. The molecule has 6 nitrogen and oxygen atoms in total. The van der Waals surface area contributed by atoms with Gasteiger partial charge in [-0.1, -0.05) is 17.7 Å².